The number of nitrogens with one attached hydrogen (secondary N) is 1. The Bertz CT molecular complexity index is 333. The maximum Gasteiger partial charge on any atom is 0.164 e. The zero-order valence-corrected chi connectivity index (χ0v) is 11.5. The van der Waals surface area contributed by atoms with Gasteiger partial charge in [-0.25, -0.2) is 4.98 Å². The average Bonchev–Trinajstić information content (AvgIpc) is 2.72. The van der Waals surface area contributed by atoms with Gasteiger partial charge >= 0.3 is 0 Å². The number of nitrogens with zero attached hydrogens (tertiary/aromatic N) is 3. The van der Waals surface area contributed by atoms with E-state index in [9.17, 15) is 0 Å². The molecule has 1 heterocycles. The number of rotatable bonds is 7. The van der Waals surface area contributed by atoms with Gasteiger partial charge in [0.1, 0.15) is 6.33 Å². The third kappa shape index (κ3) is 5.28. The molecule has 5 heteroatoms. The van der Waals surface area contributed by atoms with Crippen LogP contribution in [0.1, 0.15) is 39.9 Å². The Balaban J connectivity index is 2.40. The molecule has 0 unspecified atom stereocenters. The van der Waals surface area contributed by atoms with Crippen LogP contribution >= 0.6 is 0 Å². The van der Waals surface area contributed by atoms with Crippen LogP contribution in [0.3, 0.4) is 0 Å². The van der Waals surface area contributed by atoms with E-state index in [4.69, 9.17) is 4.74 Å². The number of hydrogen-bond donors (Lipinski definition) is 1. The Morgan fingerprint density at radius 3 is 2.76 bits per heavy atom. The van der Waals surface area contributed by atoms with Crippen molar-refractivity contribution in [1.82, 2.24) is 20.1 Å². The molecule has 0 aliphatic rings. The Morgan fingerprint density at radius 1 is 1.47 bits per heavy atom. The SMILES string of the molecule is COC(C)(C)CCn1cnc(CNC(C)C)n1. The zero-order chi connectivity index (χ0) is 12.9. The summed E-state index contributed by atoms with van der Waals surface area (Å²) in [5, 5.41) is 7.70. The van der Waals surface area contributed by atoms with E-state index in [1.165, 1.54) is 0 Å². The third-order valence-corrected chi connectivity index (χ3v) is 2.75. The van der Waals surface area contributed by atoms with E-state index in [-0.39, 0.29) is 5.60 Å². The summed E-state index contributed by atoms with van der Waals surface area (Å²) >= 11 is 0. The molecular formula is C12H24N4O. The van der Waals surface area contributed by atoms with Gasteiger partial charge in [0.2, 0.25) is 0 Å². The lowest BCUT2D eigenvalue weighted by Gasteiger charge is -2.22. The minimum Gasteiger partial charge on any atom is -0.379 e. The predicted molar refractivity (Wildman–Crippen MR) is 67.7 cm³/mol. The number of ether oxygens (including phenoxy) is 1. The molecule has 0 spiro atoms. The second-order valence-corrected chi connectivity index (χ2v) is 5.17. The lowest BCUT2D eigenvalue weighted by atomic mass is 10.1. The van der Waals surface area contributed by atoms with Gasteiger partial charge < -0.3 is 10.1 Å². The molecule has 0 aliphatic carbocycles. The van der Waals surface area contributed by atoms with Crippen molar-refractivity contribution in [3.63, 3.8) is 0 Å². The van der Waals surface area contributed by atoms with Crippen molar-refractivity contribution in [1.29, 1.82) is 0 Å². The lowest BCUT2D eigenvalue weighted by molar-refractivity contribution is 0.0113. The van der Waals surface area contributed by atoms with Gasteiger partial charge in [0.25, 0.3) is 0 Å². The second kappa shape index (κ2) is 6.12. The van der Waals surface area contributed by atoms with Crippen LogP contribution in [0.5, 0.6) is 0 Å². The maximum atomic E-state index is 5.37. The largest absolute Gasteiger partial charge is 0.379 e. The molecule has 98 valence electrons. The van der Waals surface area contributed by atoms with Crippen molar-refractivity contribution >= 4 is 0 Å². The second-order valence-electron chi connectivity index (χ2n) is 5.17. The van der Waals surface area contributed by atoms with Crippen LogP contribution in [0.15, 0.2) is 6.33 Å². The van der Waals surface area contributed by atoms with Crippen molar-refractivity contribution in [3.8, 4) is 0 Å². The van der Waals surface area contributed by atoms with E-state index in [2.05, 4.69) is 43.1 Å². The van der Waals surface area contributed by atoms with Crippen molar-refractivity contribution in [2.24, 2.45) is 0 Å². The van der Waals surface area contributed by atoms with Crippen molar-refractivity contribution < 1.29 is 4.74 Å². The zero-order valence-electron chi connectivity index (χ0n) is 11.5. The molecule has 0 bridgehead atoms. The summed E-state index contributed by atoms with van der Waals surface area (Å²) in [5.74, 6) is 0.842. The Hall–Kier alpha value is -0.940. The monoisotopic (exact) mass is 240 g/mol. The molecular weight excluding hydrogens is 216 g/mol. The molecule has 1 aromatic rings. The first-order chi connectivity index (χ1) is 7.93. The van der Waals surface area contributed by atoms with Gasteiger partial charge in [0.05, 0.1) is 12.1 Å². The normalized spacial score (nSPS) is 12.4. The minimum absolute atomic E-state index is 0.109. The van der Waals surface area contributed by atoms with Gasteiger partial charge in [-0.05, 0) is 20.3 Å². The fourth-order valence-corrected chi connectivity index (χ4v) is 1.30. The highest BCUT2D eigenvalue weighted by molar-refractivity contribution is 4.81. The number of methoxy groups -OCH3 is 1. The quantitative estimate of drug-likeness (QED) is 0.786. The van der Waals surface area contributed by atoms with Crippen molar-refractivity contribution in [2.45, 2.75) is 58.8 Å². The van der Waals surface area contributed by atoms with Crippen LogP contribution < -0.4 is 5.32 Å². The summed E-state index contributed by atoms with van der Waals surface area (Å²) in [6.45, 7) is 9.92. The smallest absolute Gasteiger partial charge is 0.164 e. The molecule has 0 saturated carbocycles. The lowest BCUT2D eigenvalue weighted by Crippen LogP contribution is -2.25. The van der Waals surface area contributed by atoms with Gasteiger partial charge in [-0.2, -0.15) is 5.10 Å². The molecule has 1 N–H and O–H groups in total. The Morgan fingerprint density at radius 2 is 2.18 bits per heavy atom. The number of aromatic nitrogens is 3. The molecule has 1 aromatic heterocycles. The van der Waals surface area contributed by atoms with Crippen LogP contribution in [0.25, 0.3) is 0 Å². The van der Waals surface area contributed by atoms with Gasteiger partial charge in [-0.1, -0.05) is 13.8 Å². The highest BCUT2D eigenvalue weighted by atomic mass is 16.5. The maximum absolute atomic E-state index is 5.37. The van der Waals surface area contributed by atoms with E-state index in [0.29, 0.717) is 6.04 Å². The Labute approximate surface area is 104 Å². The fraction of sp³-hybridized carbons (Fsp3) is 0.833. The van der Waals surface area contributed by atoms with Crippen LogP contribution in [0.2, 0.25) is 0 Å². The molecule has 0 atom stereocenters. The molecule has 17 heavy (non-hydrogen) atoms. The van der Waals surface area contributed by atoms with E-state index < -0.39 is 0 Å². The van der Waals surface area contributed by atoms with Crippen LogP contribution in [-0.4, -0.2) is 33.5 Å². The molecule has 0 fully saturated rings. The average molecular weight is 240 g/mol. The highest BCUT2D eigenvalue weighted by Gasteiger charge is 2.16. The van der Waals surface area contributed by atoms with E-state index in [0.717, 1.165) is 25.3 Å². The van der Waals surface area contributed by atoms with Crippen LogP contribution in [0, 0.1) is 0 Å². The van der Waals surface area contributed by atoms with Crippen molar-refractivity contribution in [3.05, 3.63) is 12.2 Å². The first-order valence-electron chi connectivity index (χ1n) is 6.10. The van der Waals surface area contributed by atoms with Gasteiger partial charge in [0, 0.05) is 19.7 Å². The topological polar surface area (TPSA) is 52.0 Å². The molecule has 0 aromatic carbocycles. The molecule has 0 amide bonds. The standard InChI is InChI=1S/C12H24N4O/c1-10(2)13-8-11-14-9-16(15-11)7-6-12(3,4)17-5/h9-10,13H,6-8H2,1-5H3. The Kier molecular flexibility index (Phi) is 5.08. The van der Waals surface area contributed by atoms with Gasteiger partial charge in [-0.15, -0.1) is 0 Å². The van der Waals surface area contributed by atoms with E-state index in [1.54, 1.807) is 13.4 Å². The molecule has 0 aliphatic heterocycles. The van der Waals surface area contributed by atoms with Crippen LogP contribution in [-0.2, 0) is 17.8 Å². The highest BCUT2D eigenvalue weighted by Crippen LogP contribution is 2.13. The number of hydrogen-bond acceptors (Lipinski definition) is 4. The summed E-state index contributed by atoms with van der Waals surface area (Å²) in [4.78, 5) is 4.26. The molecule has 5 nitrogen and oxygen atoms in total. The fourth-order valence-electron chi connectivity index (χ4n) is 1.30. The van der Waals surface area contributed by atoms with E-state index >= 15 is 0 Å². The summed E-state index contributed by atoms with van der Waals surface area (Å²) in [6, 6.07) is 0.453. The first-order valence-corrected chi connectivity index (χ1v) is 6.10. The van der Waals surface area contributed by atoms with Gasteiger partial charge in [-0.3, -0.25) is 4.68 Å². The van der Waals surface area contributed by atoms with Gasteiger partial charge in [0.15, 0.2) is 5.82 Å². The minimum atomic E-state index is -0.109. The molecule has 0 saturated heterocycles. The third-order valence-electron chi connectivity index (χ3n) is 2.75. The summed E-state index contributed by atoms with van der Waals surface area (Å²) in [7, 11) is 1.74. The van der Waals surface area contributed by atoms with Crippen molar-refractivity contribution in [2.75, 3.05) is 7.11 Å². The summed E-state index contributed by atoms with van der Waals surface area (Å²) in [6.07, 6.45) is 2.70. The predicted octanol–water partition coefficient (Wildman–Crippen LogP) is 1.59. The first kappa shape index (κ1) is 14.1. The summed E-state index contributed by atoms with van der Waals surface area (Å²) in [5.41, 5.74) is -0.109. The molecule has 0 radical (unpaired) electrons. The summed E-state index contributed by atoms with van der Waals surface area (Å²) < 4.78 is 7.24. The number of aryl methyl sites for hydroxylation is 1. The van der Waals surface area contributed by atoms with Crippen LogP contribution in [0.4, 0.5) is 0 Å². The molecule has 1 rings (SSSR count). The van der Waals surface area contributed by atoms with E-state index in [1.807, 2.05) is 4.68 Å².